The summed E-state index contributed by atoms with van der Waals surface area (Å²) in [4.78, 5) is 0. The van der Waals surface area contributed by atoms with E-state index in [2.05, 4.69) is 11.2 Å². The third-order valence-electron chi connectivity index (χ3n) is 0.108. The van der Waals surface area contributed by atoms with Gasteiger partial charge < -0.3 is 5.73 Å². The van der Waals surface area contributed by atoms with Crippen LogP contribution in [0.5, 0.6) is 0 Å². The zero-order valence-corrected chi connectivity index (χ0v) is 2.47. The van der Waals surface area contributed by atoms with Crippen LogP contribution in [0.3, 0.4) is 0 Å². The van der Waals surface area contributed by atoms with Crippen LogP contribution in [0.2, 0.25) is 0 Å². The van der Waals surface area contributed by atoms with Crippen LogP contribution in [0.1, 0.15) is 0 Å². The molecule has 0 aliphatic rings. The summed E-state index contributed by atoms with van der Waals surface area (Å²) in [6.45, 7) is 0. The summed E-state index contributed by atoms with van der Waals surface area (Å²) in [5.41, 5.74) is 6.71. The van der Waals surface area contributed by atoms with Gasteiger partial charge in [-0.05, 0) is 0 Å². The highest BCUT2D eigenvalue weighted by Crippen LogP contribution is 1.36. The van der Waals surface area contributed by atoms with Crippen molar-refractivity contribution in [1.82, 2.24) is 5.48 Å². The maximum Gasteiger partial charge on any atom is 0.237 e. The van der Waals surface area contributed by atoms with Crippen LogP contribution in [0.25, 0.3) is 0 Å². The molecule has 0 aromatic heterocycles. The molecular weight excluding hydrogens is 70.0 g/mol. The van der Waals surface area contributed by atoms with E-state index in [0.717, 1.165) is 0 Å². The van der Waals surface area contributed by atoms with E-state index in [1.165, 1.54) is 0 Å². The Bertz CT molecular complexity index is 42.2. The van der Waals surface area contributed by atoms with Crippen molar-refractivity contribution >= 4 is 5.96 Å². The van der Waals surface area contributed by atoms with Crippen molar-refractivity contribution < 1.29 is 5.21 Å². The summed E-state index contributed by atoms with van der Waals surface area (Å²) in [6.07, 6.45) is 0. The van der Waals surface area contributed by atoms with Gasteiger partial charge in [0.2, 0.25) is 5.96 Å². The van der Waals surface area contributed by atoms with E-state index in [-0.39, 0.29) is 0 Å². The van der Waals surface area contributed by atoms with Crippen LogP contribution in [-0.4, -0.2) is 11.2 Å². The van der Waals surface area contributed by atoms with Gasteiger partial charge >= 0.3 is 0 Å². The zero-order valence-electron chi connectivity index (χ0n) is 2.47. The van der Waals surface area contributed by atoms with Gasteiger partial charge in [0.25, 0.3) is 0 Å². The lowest BCUT2D eigenvalue weighted by atomic mass is 11.1. The van der Waals surface area contributed by atoms with Crippen LogP contribution in [-0.2, 0) is 0 Å². The van der Waals surface area contributed by atoms with Gasteiger partial charge in [-0.2, -0.15) is 0 Å². The van der Waals surface area contributed by atoms with Gasteiger partial charge in [0.1, 0.15) is 0 Å². The van der Waals surface area contributed by atoms with Crippen LogP contribution in [0, 0.1) is 5.41 Å². The fourth-order valence-corrected chi connectivity index (χ4v) is 0. The Morgan fingerprint density at radius 1 is 2.00 bits per heavy atom. The largest absolute Gasteiger partial charge is 0.367 e. The fraction of sp³-hybridized carbons (Fsp3) is 0. The zero-order chi connectivity index (χ0) is 4.28. The molecule has 0 unspecified atom stereocenters. The molecule has 0 aliphatic heterocycles. The van der Waals surface area contributed by atoms with E-state index in [0.29, 0.717) is 0 Å². The van der Waals surface area contributed by atoms with Gasteiger partial charge in [0.05, 0.1) is 0 Å². The summed E-state index contributed by atoms with van der Waals surface area (Å²) < 4.78 is 0. The topological polar surface area (TPSA) is 84.2 Å². The Balaban J connectivity index is 2.85. The summed E-state index contributed by atoms with van der Waals surface area (Å²) in [7, 11) is 0. The molecule has 0 rings (SSSR count). The molecule has 0 saturated heterocycles. The normalized spacial score (nSPS) is 6.60. The first-order valence-corrected chi connectivity index (χ1v) is 0.962. The number of rotatable bonds is 0. The Labute approximate surface area is 29.1 Å². The molecule has 0 bridgehead atoms. The molecule has 0 atom stereocenters. The molecule has 4 N–H and O–H groups in total. The van der Waals surface area contributed by atoms with Gasteiger partial charge in [-0.3, -0.25) is 10.6 Å². The second kappa shape index (κ2) is 1.54. The van der Waals surface area contributed by atoms with Gasteiger partial charge in [-0.15, -0.1) is 0 Å². The van der Waals surface area contributed by atoms with Crippen molar-refractivity contribution in [1.29, 1.82) is 5.41 Å². The molecule has 0 saturated carbocycles. The van der Waals surface area contributed by atoms with E-state index in [1.54, 1.807) is 0 Å². The van der Waals surface area contributed by atoms with Crippen molar-refractivity contribution in [2.24, 2.45) is 5.73 Å². The first kappa shape index (κ1) is 4.23. The molecule has 1 radical (unpaired) electrons. The molecule has 0 spiro atoms. The minimum atomic E-state index is -0.565. The Kier molecular flexibility index (Phi) is 1.30. The molecule has 0 aliphatic carbocycles. The molecule has 0 aromatic carbocycles. The Morgan fingerprint density at radius 2 is 2.20 bits per heavy atom. The molecule has 0 heterocycles. The first-order valence-electron chi connectivity index (χ1n) is 0.962. The quantitative estimate of drug-likeness (QED) is 0.193. The number of nitrogens with zero attached hydrogens (tertiary/aromatic N) is 1. The van der Waals surface area contributed by atoms with Gasteiger partial charge in [0.15, 0.2) is 0 Å². The number of guanidine groups is 1. The Hall–Kier alpha value is -0.770. The van der Waals surface area contributed by atoms with E-state index < -0.39 is 5.96 Å². The summed E-state index contributed by atoms with van der Waals surface area (Å²) in [6, 6.07) is 0. The molecule has 29 valence electrons. The van der Waals surface area contributed by atoms with Gasteiger partial charge in [0, 0.05) is 0 Å². The molecule has 4 heteroatoms. The van der Waals surface area contributed by atoms with Crippen molar-refractivity contribution in [2.45, 2.75) is 0 Å². The lowest BCUT2D eigenvalue weighted by Gasteiger charge is -1.78. The number of hydroxylamine groups is 1. The smallest absolute Gasteiger partial charge is 0.237 e. The first-order chi connectivity index (χ1) is 2.27. The third-order valence-corrected chi connectivity index (χ3v) is 0.108. The maximum atomic E-state index is 7.42. The highest BCUT2D eigenvalue weighted by Gasteiger charge is 1.73. The van der Waals surface area contributed by atoms with E-state index >= 15 is 0 Å². The van der Waals surface area contributed by atoms with Crippen molar-refractivity contribution in [2.75, 3.05) is 0 Å². The third kappa shape index (κ3) is 3.23. The van der Waals surface area contributed by atoms with Crippen LogP contribution in [0.15, 0.2) is 0 Å². The molecule has 0 aromatic rings. The van der Waals surface area contributed by atoms with E-state index in [9.17, 15) is 0 Å². The van der Waals surface area contributed by atoms with Gasteiger partial charge in [-0.1, -0.05) is 5.48 Å². The predicted octanol–water partition coefficient (Wildman–Crippen LogP) is -1.13. The SMILES string of the molecule is N=C(N)[N]O. The van der Waals surface area contributed by atoms with Gasteiger partial charge in [-0.25, -0.2) is 0 Å². The second-order valence-electron chi connectivity index (χ2n) is 0.485. The lowest BCUT2D eigenvalue weighted by molar-refractivity contribution is 0.222. The van der Waals surface area contributed by atoms with Crippen LogP contribution < -0.4 is 11.2 Å². The highest BCUT2D eigenvalue weighted by atomic mass is 16.5. The van der Waals surface area contributed by atoms with Crippen LogP contribution in [0.4, 0.5) is 0 Å². The monoisotopic (exact) mass is 74.0 g/mol. The van der Waals surface area contributed by atoms with E-state index in [1.807, 2.05) is 0 Å². The highest BCUT2D eigenvalue weighted by molar-refractivity contribution is 5.72. The molecule has 4 nitrogen and oxygen atoms in total. The molecule has 0 amide bonds. The minimum Gasteiger partial charge on any atom is -0.367 e. The summed E-state index contributed by atoms with van der Waals surface area (Å²) in [5, 5.41) is 13.5. The van der Waals surface area contributed by atoms with Crippen molar-refractivity contribution in [3.8, 4) is 0 Å². The maximum absolute atomic E-state index is 7.42. The predicted molar refractivity (Wildman–Crippen MR) is 15.8 cm³/mol. The minimum absolute atomic E-state index is 0.565. The summed E-state index contributed by atoms with van der Waals surface area (Å²) in [5.74, 6) is -0.565. The number of hydrogen-bond acceptors (Lipinski definition) is 2. The average molecular weight is 74.1 g/mol. The number of hydrogen-bond donors (Lipinski definition) is 3. The average Bonchev–Trinajstić information content (AvgIpc) is 1.38. The second-order valence-corrected chi connectivity index (χ2v) is 0.485. The lowest BCUT2D eigenvalue weighted by Crippen LogP contribution is -2.19. The molecule has 0 fully saturated rings. The molecular formula is CH4N3O. The van der Waals surface area contributed by atoms with Crippen LogP contribution >= 0.6 is 0 Å². The van der Waals surface area contributed by atoms with E-state index in [4.69, 9.17) is 10.6 Å². The number of nitrogens with one attached hydrogen (secondary N) is 1. The standard InChI is InChI=1S/CH4N3O/c2-1(3)4-5/h5H,(H3,2,3). The summed E-state index contributed by atoms with van der Waals surface area (Å²) >= 11 is 0. The van der Waals surface area contributed by atoms with Crippen molar-refractivity contribution in [3.63, 3.8) is 0 Å². The van der Waals surface area contributed by atoms with Crippen molar-refractivity contribution in [3.05, 3.63) is 0 Å². The fourth-order valence-electron chi connectivity index (χ4n) is 0. The number of nitrogens with two attached hydrogens (primary N) is 1. The Morgan fingerprint density at radius 3 is 2.20 bits per heavy atom. The molecule has 5 heavy (non-hydrogen) atoms.